The summed E-state index contributed by atoms with van der Waals surface area (Å²) in [5.41, 5.74) is 1.89. The molecule has 2 aromatic carbocycles. The van der Waals surface area contributed by atoms with E-state index in [4.69, 9.17) is 13.9 Å². The molecule has 1 aliphatic rings. The molecule has 1 aliphatic heterocycles. The molecule has 1 saturated heterocycles. The fourth-order valence-electron chi connectivity index (χ4n) is 4.86. The number of hydrogen-bond donors (Lipinski definition) is 0. The standard InChI is InChI=1S/C33H50N2O5Si/c1-26(2)21-30-23-34(31(36)38-24-27-15-10-8-11-16-27)29(19-14-20-40-41(6,7)33(3,4)5)22-35(30)32(37)39-25-28-17-12-9-13-18-28/h8-13,15-18,26,29-30H,14,19-25H2,1-7H3/t29-,30+/m0/s1. The highest BCUT2D eigenvalue weighted by Gasteiger charge is 2.41. The first-order chi connectivity index (χ1) is 19.4. The average Bonchev–Trinajstić information content (AvgIpc) is 2.93. The van der Waals surface area contributed by atoms with E-state index in [-0.39, 0.29) is 42.5 Å². The Labute approximate surface area is 248 Å². The predicted molar refractivity (Wildman–Crippen MR) is 166 cm³/mol. The quantitative estimate of drug-likeness (QED) is 0.199. The zero-order chi connectivity index (χ0) is 30.0. The molecule has 8 heteroatoms. The van der Waals surface area contributed by atoms with Gasteiger partial charge in [0, 0.05) is 19.7 Å². The van der Waals surface area contributed by atoms with Crippen molar-refractivity contribution in [1.82, 2.24) is 9.80 Å². The smallest absolute Gasteiger partial charge is 0.410 e. The number of ether oxygens (including phenoxy) is 2. The first kappa shape index (κ1) is 32.7. The monoisotopic (exact) mass is 582 g/mol. The molecule has 0 aromatic heterocycles. The second-order valence-corrected chi connectivity index (χ2v) is 17.9. The Morgan fingerprint density at radius 1 is 0.829 bits per heavy atom. The Balaban J connectivity index is 1.73. The highest BCUT2D eigenvalue weighted by atomic mass is 28.4. The van der Waals surface area contributed by atoms with E-state index in [2.05, 4.69) is 47.7 Å². The van der Waals surface area contributed by atoms with E-state index in [0.717, 1.165) is 24.0 Å². The number of carbonyl (C=O) groups is 2. The molecule has 7 nitrogen and oxygen atoms in total. The van der Waals surface area contributed by atoms with E-state index in [1.807, 2.05) is 70.5 Å². The molecule has 3 rings (SSSR count). The molecule has 0 spiro atoms. The fraction of sp³-hybridized carbons (Fsp3) is 0.576. The van der Waals surface area contributed by atoms with Crippen LogP contribution < -0.4 is 0 Å². The van der Waals surface area contributed by atoms with Crippen LogP contribution in [-0.4, -0.2) is 62.1 Å². The number of carbonyl (C=O) groups excluding carboxylic acids is 2. The summed E-state index contributed by atoms with van der Waals surface area (Å²) in [7, 11) is -1.87. The van der Waals surface area contributed by atoms with Crippen LogP contribution in [0.15, 0.2) is 60.7 Å². The molecule has 2 amide bonds. The summed E-state index contributed by atoms with van der Waals surface area (Å²) in [6.45, 7) is 17.4. The van der Waals surface area contributed by atoms with Crippen molar-refractivity contribution in [2.45, 2.75) is 97.3 Å². The van der Waals surface area contributed by atoms with Crippen molar-refractivity contribution < 1.29 is 23.5 Å². The van der Waals surface area contributed by atoms with Crippen LogP contribution in [0.1, 0.15) is 65.0 Å². The Morgan fingerprint density at radius 2 is 1.29 bits per heavy atom. The van der Waals surface area contributed by atoms with Gasteiger partial charge in [-0.1, -0.05) is 95.3 Å². The van der Waals surface area contributed by atoms with Crippen LogP contribution in [0, 0.1) is 5.92 Å². The van der Waals surface area contributed by atoms with E-state index < -0.39 is 8.32 Å². The minimum Gasteiger partial charge on any atom is -0.445 e. The van der Waals surface area contributed by atoms with Gasteiger partial charge in [0.1, 0.15) is 13.2 Å². The SMILES string of the molecule is CC(C)C[C@@H]1CN(C(=O)OCc2ccccc2)[C@@H](CCCO[Si](C)(C)C(C)(C)C)CN1C(=O)OCc1ccccc1. The van der Waals surface area contributed by atoms with Gasteiger partial charge in [-0.3, -0.25) is 0 Å². The third-order valence-electron chi connectivity index (χ3n) is 8.27. The second-order valence-electron chi connectivity index (χ2n) is 13.1. The predicted octanol–water partition coefficient (Wildman–Crippen LogP) is 7.86. The molecule has 1 heterocycles. The molecule has 226 valence electrons. The molecule has 0 saturated carbocycles. The van der Waals surface area contributed by atoms with Gasteiger partial charge in [-0.2, -0.15) is 0 Å². The van der Waals surface area contributed by atoms with E-state index in [0.29, 0.717) is 32.0 Å². The fourth-order valence-corrected chi connectivity index (χ4v) is 5.94. The van der Waals surface area contributed by atoms with Gasteiger partial charge in [0.2, 0.25) is 0 Å². The van der Waals surface area contributed by atoms with Crippen molar-refractivity contribution in [2.24, 2.45) is 5.92 Å². The van der Waals surface area contributed by atoms with Crippen molar-refractivity contribution in [3.05, 3.63) is 71.8 Å². The maximum atomic E-state index is 13.5. The van der Waals surface area contributed by atoms with Crippen molar-refractivity contribution >= 4 is 20.5 Å². The Kier molecular flexibility index (Phi) is 11.8. The lowest BCUT2D eigenvalue weighted by atomic mass is 9.96. The van der Waals surface area contributed by atoms with Gasteiger partial charge < -0.3 is 23.7 Å². The normalized spacial score (nSPS) is 18.0. The number of nitrogens with zero attached hydrogens (tertiary/aromatic N) is 2. The minimum atomic E-state index is -1.87. The third kappa shape index (κ3) is 9.89. The molecular formula is C33H50N2O5Si. The van der Waals surface area contributed by atoms with Gasteiger partial charge in [0.25, 0.3) is 0 Å². The van der Waals surface area contributed by atoms with Crippen LogP contribution in [0.2, 0.25) is 18.1 Å². The topological polar surface area (TPSA) is 68.3 Å². The second kappa shape index (κ2) is 14.9. The number of rotatable bonds is 11. The largest absolute Gasteiger partial charge is 0.445 e. The summed E-state index contributed by atoms with van der Waals surface area (Å²) in [5, 5.41) is 0.133. The van der Waals surface area contributed by atoms with Crippen LogP contribution >= 0.6 is 0 Å². The summed E-state index contributed by atoms with van der Waals surface area (Å²) < 4.78 is 18.0. The average molecular weight is 583 g/mol. The van der Waals surface area contributed by atoms with E-state index in [1.54, 1.807) is 0 Å². The van der Waals surface area contributed by atoms with Crippen LogP contribution in [0.5, 0.6) is 0 Å². The molecule has 41 heavy (non-hydrogen) atoms. The zero-order valence-electron chi connectivity index (χ0n) is 26.1. The number of amides is 2. The zero-order valence-corrected chi connectivity index (χ0v) is 27.1. The Morgan fingerprint density at radius 3 is 1.76 bits per heavy atom. The number of hydrogen-bond acceptors (Lipinski definition) is 5. The molecule has 0 radical (unpaired) electrons. The molecule has 2 aromatic rings. The molecule has 2 atom stereocenters. The van der Waals surface area contributed by atoms with Crippen LogP contribution in [0.4, 0.5) is 9.59 Å². The highest BCUT2D eigenvalue weighted by Crippen LogP contribution is 2.36. The summed E-state index contributed by atoms with van der Waals surface area (Å²) in [6.07, 6.45) is 1.60. The molecule has 0 unspecified atom stereocenters. The van der Waals surface area contributed by atoms with E-state index >= 15 is 0 Å². The van der Waals surface area contributed by atoms with E-state index in [1.165, 1.54) is 0 Å². The first-order valence-electron chi connectivity index (χ1n) is 15.0. The van der Waals surface area contributed by atoms with Gasteiger partial charge in [-0.05, 0) is 54.4 Å². The maximum Gasteiger partial charge on any atom is 0.410 e. The van der Waals surface area contributed by atoms with Crippen LogP contribution in [-0.2, 0) is 27.1 Å². The van der Waals surface area contributed by atoms with Gasteiger partial charge >= 0.3 is 12.2 Å². The Hall–Kier alpha value is -2.84. The lowest BCUT2D eigenvalue weighted by molar-refractivity contribution is 0.000520. The van der Waals surface area contributed by atoms with Gasteiger partial charge in [0.15, 0.2) is 8.32 Å². The van der Waals surface area contributed by atoms with Crippen molar-refractivity contribution in [3.63, 3.8) is 0 Å². The maximum absolute atomic E-state index is 13.5. The summed E-state index contributed by atoms with van der Waals surface area (Å²) in [4.78, 5) is 30.6. The molecule has 0 N–H and O–H groups in total. The van der Waals surface area contributed by atoms with Crippen molar-refractivity contribution in [2.75, 3.05) is 19.7 Å². The van der Waals surface area contributed by atoms with Gasteiger partial charge in [0.05, 0.1) is 12.1 Å². The van der Waals surface area contributed by atoms with Crippen molar-refractivity contribution in [1.29, 1.82) is 0 Å². The summed E-state index contributed by atoms with van der Waals surface area (Å²) in [5.74, 6) is 0.348. The lowest BCUT2D eigenvalue weighted by Gasteiger charge is -2.46. The van der Waals surface area contributed by atoms with Crippen LogP contribution in [0.3, 0.4) is 0 Å². The Bertz CT molecular complexity index is 1090. The summed E-state index contributed by atoms with van der Waals surface area (Å²) in [6, 6.07) is 19.1. The van der Waals surface area contributed by atoms with E-state index in [9.17, 15) is 9.59 Å². The number of benzene rings is 2. The lowest BCUT2D eigenvalue weighted by Crippen LogP contribution is -2.61. The van der Waals surface area contributed by atoms with Gasteiger partial charge in [-0.15, -0.1) is 0 Å². The minimum absolute atomic E-state index is 0.133. The van der Waals surface area contributed by atoms with Crippen LogP contribution in [0.25, 0.3) is 0 Å². The molecular weight excluding hydrogens is 532 g/mol. The van der Waals surface area contributed by atoms with Gasteiger partial charge in [-0.25, -0.2) is 9.59 Å². The molecule has 1 fully saturated rings. The molecule has 0 aliphatic carbocycles. The summed E-state index contributed by atoms with van der Waals surface area (Å²) >= 11 is 0. The number of piperazine rings is 1. The first-order valence-corrected chi connectivity index (χ1v) is 17.9. The third-order valence-corrected chi connectivity index (χ3v) is 12.8. The molecule has 0 bridgehead atoms. The van der Waals surface area contributed by atoms with Crippen molar-refractivity contribution in [3.8, 4) is 0 Å². The highest BCUT2D eigenvalue weighted by molar-refractivity contribution is 6.74.